The number of nitrogens with two attached hydrogens (primary N) is 4. The second-order valence-electron chi connectivity index (χ2n) is 1.11. The molecule has 0 unspecified atom stereocenters. The van der Waals surface area contributed by atoms with Gasteiger partial charge in [-0.05, 0) is 0 Å². The topological polar surface area (TPSA) is 199 Å². The Morgan fingerprint density at radius 2 is 0.857 bits per heavy atom. The third-order valence-electron chi connectivity index (χ3n) is 0. The first-order chi connectivity index (χ1) is 6.29. The first-order valence-electron chi connectivity index (χ1n) is 2.55. The summed E-state index contributed by atoms with van der Waals surface area (Å²) in [5, 5.41) is 29.4. The molecule has 0 aliphatic heterocycles. The molecule has 0 amide bonds. The molecule has 14 heavy (non-hydrogen) atoms. The van der Waals surface area contributed by atoms with Crippen LogP contribution in [0.3, 0.4) is 0 Å². The van der Waals surface area contributed by atoms with Crippen molar-refractivity contribution in [2.24, 2.45) is 22.9 Å². The van der Waals surface area contributed by atoms with Gasteiger partial charge in [0.2, 0.25) is 0 Å². The number of nitriles is 2. The Balaban J connectivity index is -0.0000000482. The van der Waals surface area contributed by atoms with E-state index < -0.39 is 0 Å². The van der Waals surface area contributed by atoms with Crippen molar-refractivity contribution in [2.75, 3.05) is 0 Å². The molecule has 0 aromatic heterocycles. The number of hydrogen-bond acceptors (Lipinski definition) is 6. The molecule has 0 aliphatic rings. The zero-order chi connectivity index (χ0) is 12.6. The minimum Gasteiger partial charge on any atom is -0.370 e. The molecule has 0 bridgehead atoms. The summed E-state index contributed by atoms with van der Waals surface area (Å²) in [4.78, 5) is 0. The van der Waals surface area contributed by atoms with Gasteiger partial charge in [-0.25, -0.2) is 0 Å². The van der Waals surface area contributed by atoms with E-state index in [1.165, 1.54) is 10.8 Å². The standard InChI is InChI=1S/2CH5N3.2CHNS/c2*2-1(3)4;2*2-1-3/h2*(H5,2,3,4);2*3H. The first-order valence-corrected chi connectivity index (χ1v) is 3.44. The third kappa shape index (κ3) is 274. The lowest BCUT2D eigenvalue weighted by Crippen LogP contribution is -2.20. The average molecular weight is 236 g/mol. The van der Waals surface area contributed by atoms with E-state index in [1.807, 2.05) is 0 Å². The van der Waals surface area contributed by atoms with Gasteiger partial charge in [-0.1, -0.05) is 25.3 Å². The van der Waals surface area contributed by atoms with E-state index in [9.17, 15) is 0 Å². The maximum absolute atomic E-state index is 7.18. The van der Waals surface area contributed by atoms with Crippen molar-refractivity contribution >= 4 is 37.2 Å². The van der Waals surface area contributed by atoms with E-state index >= 15 is 0 Å². The van der Waals surface area contributed by atoms with Crippen LogP contribution < -0.4 is 22.9 Å². The summed E-state index contributed by atoms with van der Waals surface area (Å²) in [5.74, 6) is -0.667. The van der Waals surface area contributed by atoms with Crippen LogP contribution in [0.15, 0.2) is 0 Å². The zero-order valence-electron chi connectivity index (χ0n) is 7.10. The van der Waals surface area contributed by atoms with Crippen molar-refractivity contribution in [3.63, 3.8) is 0 Å². The van der Waals surface area contributed by atoms with E-state index in [1.54, 1.807) is 0 Å². The van der Waals surface area contributed by atoms with Crippen LogP contribution in [0.1, 0.15) is 0 Å². The van der Waals surface area contributed by atoms with Crippen LogP contribution in [-0.4, -0.2) is 11.9 Å². The predicted molar refractivity (Wildman–Crippen MR) is 61.4 cm³/mol. The Morgan fingerprint density at radius 3 is 0.857 bits per heavy atom. The van der Waals surface area contributed by atoms with Gasteiger partial charge in [0.15, 0.2) is 11.9 Å². The van der Waals surface area contributed by atoms with Gasteiger partial charge in [-0.15, -0.1) is 0 Å². The molecule has 0 saturated heterocycles. The molecular formula is C4H12N8S2. The van der Waals surface area contributed by atoms with Gasteiger partial charge in [-0.2, -0.15) is 10.5 Å². The molecule has 10 N–H and O–H groups in total. The monoisotopic (exact) mass is 236 g/mol. The summed E-state index contributed by atoms with van der Waals surface area (Å²) < 4.78 is 0. The Morgan fingerprint density at radius 1 is 0.857 bits per heavy atom. The van der Waals surface area contributed by atoms with Gasteiger partial charge in [0, 0.05) is 0 Å². The van der Waals surface area contributed by atoms with Crippen LogP contribution >= 0.6 is 25.3 Å². The summed E-state index contributed by atoms with van der Waals surface area (Å²) >= 11 is 6.19. The maximum atomic E-state index is 7.18. The van der Waals surface area contributed by atoms with Gasteiger partial charge in [0.25, 0.3) is 0 Å². The van der Waals surface area contributed by atoms with E-state index in [4.69, 9.17) is 21.3 Å². The van der Waals surface area contributed by atoms with Crippen molar-refractivity contribution < 1.29 is 0 Å². The van der Waals surface area contributed by atoms with Gasteiger partial charge in [0.05, 0.1) is 0 Å². The molecule has 0 spiro atoms. The lowest BCUT2D eigenvalue weighted by molar-refractivity contribution is 1.38. The first kappa shape index (κ1) is 22.8. The molecule has 0 aliphatic carbocycles. The number of hydrogen-bond donors (Lipinski definition) is 8. The van der Waals surface area contributed by atoms with E-state index in [0.717, 1.165) is 0 Å². The molecule has 80 valence electrons. The van der Waals surface area contributed by atoms with Crippen LogP contribution in [-0.2, 0) is 0 Å². The van der Waals surface area contributed by atoms with Gasteiger partial charge in [-0.3, -0.25) is 10.8 Å². The highest BCUT2D eigenvalue weighted by atomic mass is 32.1. The molecule has 0 radical (unpaired) electrons. The van der Waals surface area contributed by atoms with Crippen LogP contribution in [0.25, 0.3) is 0 Å². The highest BCUT2D eigenvalue weighted by molar-refractivity contribution is 7.85. The molecule has 0 fully saturated rings. The summed E-state index contributed by atoms with van der Waals surface area (Å²) in [6, 6.07) is 0. The van der Waals surface area contributed by atoms with Crippen molar-refractivity contribution in [1.82, 2.24) is 0 Å². The minimum absolute atomic E-state index is 0.333. The van der Waals surface area contributed by atoms with Gasteiger partial charge in [0.1, 0.15) is 10.8 Å². The molecule has 0 aromatic carbocycles. The molecular weight excluding hydrogens is 224 g/mol. The number of thiol groups is 2. The Kier molecular flexibility index (Phi) is 49.3. The van der Waals surface area contributed by atoms with Crippen molar-refractivity contribution in [1.29, 1.82) is 21.3 Å². The molecule has 0 saturated carbocycles. The van der Waals surface area contributed by atoms with Gasteiger partial charge < -0.3 is 22.9 Å². The maximum Gasteiger partial charge on any atom is 0.183 e. The number of guanidine groups is 2. The fourth-order valence-electron chi connectivity index (χ4n) is 0. The Bertz CT molecular complexity index is 180. The smallest absolute Gasteiger partial charge is 0.183 e. The van der Waals surface area contributed by atoms with E-state index in [-0.39, 0.29) is 11.9 Å². The van der Waals surface area contributed by atoms with E-state index in [0.29, 0.717) is 0 Å². The number of nitrogens with zero attached hydrogens (tertiary/aromatic N) is 2. The van der Waals surface area contributed by atoms with Crippen molar-refractivity contribution in [3.05, 3.63) is 0 Å². The lowest BCUT2D eigenvalue weighted by atomic mass is 11.1. The van der Waals surface area contributed by atoms with Crippen LogP contribution in [0.5, 0.6) is 0 Å². The summed E-state index contributed by atoms with van der Waals surface area (Å²) in [6.07, 6.45) is 0. The second-order valence-corrected chi connectivity index (χ2v) is 1.51. The third-order valence-corrected chi connectivity index (χ3v) is 0. The molecule has 10 heteroatoms. The van der Waals surface area contributed by atoms with Gasteiger partial charge >= 0.3 is 0 Å². The molecule has 0 aromatic rings. The number of thiocyanates is 2. The Hall–Kier alpha value is -1.78. The summed E-state index contributed by atoms with van der Waals surface area (Å²) in [6.45, 7) is 0. The SMILES string of the molecule is N#CS.N#CS.N=C(N)N.N=C(N)N. The van der Waals surface area contributed by atoms with Crippen molar-refractivity contribution in [3.8, 4) is 10.8 Å². The highest BCUT2D eigenvalue weighted by Gasteiger charge is 1.52. The predicted octanol–water partition coefficient (Wildman–Crippen LogP) is -1.53. The molecule has 0 atom stereocenters. The highest BCUT2D eigenvalue weighted by Crippen LogP contribution is 1.46. The largest absolute Gasteiger partial charge is 0.370 e. The van der Waals surface area contributed by atoms with Crippen LogP contribution in [0.2, 0.25) is 0 Å². The zero-order valence-corrected chi connectivity index (χ0v) is 8.89. The van der Waals surface area contributed by atoms with Crippen molar-refractivity contribution in [2.45, 2.75) is 0 Å². The summed E-state index contributed by atoms with van der Waals surface area (Å²) in [7, 11) is 0. The molecule has 8 nitrogen and oxygen atoms in total. The fourth-order valence-corrected chi connectivity index (χ4v) is 0. The summed E-state index contributed by atoms with van der Waals surface area (Å²) in [5.41, 5.74) is 17.9. The number of rotatable bonds is 0. The minimum atomic E-state index is -0.333. The van der Waals surface area contributed by atoms with Crippen LogP contribution in [0.4, 0.5) is 0 Å². The quantitative estimate of drug-likeness (QED) is 0.108. The van der Waals surface area contributed by atoms with E-state index in [2.05, 4.69) is 48.2 Å². The second kappa shape index (κ2) is 30.3. The molecule has 0 heterocycles. The lowest BCUT2D eigenvalue weighted by Gasteiger charge is -1.69. The number of nitrogens with one attached hydrogen (secondary N) is 2. The fraction of sp³-hybridized carbons (Fsp3) is 0. The Labute approximate surface area is 92.7 Å². The normalized spacial score (nSPS) is 4.57. The van der Waals surface area contributed by atoms with Crippen LogP contribution in [0, 0.1) is 32.1 Å². The molecule has 0 rings (SSSR count). The average Bonchev–Trinajstić information content (AvgIpc) is 1.85.